The summed E-state index contributed by atoms with van der Waals surface area (Å²) in [5.41, 5.74) is 2.63. The molecule has 1 heterocycles. The van der Waals surface area contributed by atoms with E-state index in [0.717, 1.165) is 11.0 Å². The van der Waals surface area contributed by atoms with Crippen molar-refractivity contribution in [3.05, 3.63) is 23.0 Å². The summed E-state index contributed by atoms with van der Waals surface area (Å²) in [5.74, 6) is 0. The van der Waals surface area contributed by atoms with Crippen LogP contribution >= 0.6 is 11.6 Å². The first-order chi connectivity index (χ1) is 4.74. The predicted molar refractivity (Wildman–Crippen MR) is 37.4 cm³/mol. The molecule has 0 unspecified atom stereocenters. The summed E-state index contributed by atoms with van der Waals surface area (Å²) in [7, 11) is 0. The Morgan fingerprint density at radius 2 is 2.40 bits per heavy atom. The Kier molecular flexibility index (Phi) is 2.21. The molecule has 0 aliphatic rings. The van der Waals surface area contributed by atoms with Crippen LogP contribution in [0.25, 0.3) is 0 Å². The predicted octanol–water partition coefficient (Wildman–Crippen LogP) is 0.628. The second-order valence-electron chi connectivity index (χ2n) is 1.99. The number of halogens is 1. The van der Waals surface area contributed by atoms with Crippen molar-refractivity contribution in [2.45, 2.75) is 6.92 Å². The van der Waals surface area contributed by atoms with Gasteiger partial charge < -0.3 is 0 Å². The molecule has 3 N–H and O–H groups in total. The summed E-state index contributed by atoms with van der Waals surface area (Å²) in [6, 6.07) is 1.70. The van der Waals surface area contributed by atoms with Crippen LogP contribution in [-0.2, 0) is 0 Å². The number of hydrogen-bond donors (Lipinski definition) is 2. The van der Waals surface area contributed by atoms with E-state index in [9.17, 15) is 0 Å². The van der Waals surface area contributed by atoms with Gasteiger partial charge in [-0.2, -0.15) is 5.48 Å². The minimum Gasteiger partial charge on any atom is -0.238 e. The fourth-order valence-electron chi connectivity index (χ4n) is 0.667. The van der Waals surface area contributed by atoms with Gasteiger partial charge in [0.15, 0.2) is 5.69 Å². The van der Waals surface area contributed by atoms with Crippen LogP contribution in [0.1, 0.15) is 5.56 Å². The van der Waals surface area contributed by atoms with Crippen LogP contribution in [0.3, 0.4) is 0 Å². The van der Waals surface area contributed by atoms with Gasteiger partial charge in [0.25, 0.3) is 0 Å². The second-order valence-corrected chi connectivity index (χ2v) is 2.38. The molecule has 0 saturated carbocycles. The Morgan fingerprint density at radius 3 is 2.90 bits per heavy atom. The van der Waals surface area contributed by atoms with Crippen molar-refractivity contribution in [3.63, 3.8) is 0 Å². The Hall–Kier alpha value is -0.640. The van der Waals surface area contributed by atoms with Crippen LogP contribution in [0.2, 0.25) is 5.15 Å². The fourth-order valence-corrected chi connectivity index (χ4v) is 0.880. The van der Waals surface area contributed by atoms with Gasteiger partial charge in [-0.1, -0.05) is 11.6 Å². The average molecular weight is 160 g/mol. The van der Waals surface area contributed by atoms with Crippen molar-refractivity contribution in [3.8, 4) is 0 Å². The van der Waals surface area contributed by atoms with E-state index in [1.165, 1.54) is 6.20 Å². The molecule has 0 spiro atoms. The van der Waals surface area contributed by atoms with Crippen molar-refractivity contribution >= 4 is 17.3 Å². The third kappa shape index (κ3) is 1.44. The van der Waals surface area contributed by atoms with Gasteiger partial charge in [-0.05, 0) is 13.0 Å². The molecule has 0 bridgehead atoms. The highest BCUT2D eigenvalue weighted by molar-refractivity contribution is 6.29. The minimum atomic E-state index is 0.447. The van der Waals surface area contributed by atoms with Gasteiger partial charge in [0.05, 0.1) is 6.20 Å². The molecule has 1 rings (SSSR count). The van der Waals surface area contributed by atoms with Crippen molar-refractivity contribution in [1.82, 2.24) is 4.98 Å². The fraction of sp³-hybridized carbons (Fsp3) is 0.167. The number of pyridine rings is 1. The summed E-state index contributed by atoms with van der Waals surface area (Å²) >= 11 is 5.57. The molecule has 54 valence electrons. The molecule has 3 nitrogen and oxygen atoms in total. The lowest BCUT2D eigenvalue weighted by molar-refractivity contribution is -0.826. The standard InChI is InChI=1S/C6H7ClN2O/c1-4-2-6(7)8-3-5(4)9-10/h2-3,9-10H,1H3/p+1. The van der Waals surface area contributed by atoms with Crippen LogP contribution in [0.4, 0.5) is 5.69 Å². The molecule has 0 aliphatic carbocycles. The molecule has 0 fully saturated rings. The lowest BCUT2D eigenvalue weighted by Crippen LogP contribution is -2.74. The molecule has 0 aromatic carbocycles. The third-order valence-electron chi connectivity index (χ3n) is 1.26. The van der Waals surface area contributed by atoms with Gasteiger partial charge in [-0.3, -0.25) is 0 Å². The lowest BCUT2D eigenvalue weighted by atomic mass is 10.3. The first kappa shape index (κ1) is 7.47. The van der Waals surface area contributed by atoms with Crippen molar-refractivity contribution < 1.29 is 10.7 Å². The SMILES string of the molecule is Cc1cc(Cl)ncc1[NH2+]O. The molecule has 0 atom stereocenters. The molecule has 0 radical (unpaired) electrons. The van der Waals surface area contributed by atoms with Crippen molar-refractivity contribution in [2.75, 3.05) is 0 Å². The van der Waals surface area contributed by atoms with Crippen molar-refractivity contribution in [2.24, 2.45) is 0 Å². The van der Waals surface area contributed by atoms with Crippen LogP contribution in [-0.4, -0.2) is 10.2 Å². The normalized spacial score (nSPS) is 9.90. The van der Waals surface area contributed by atoms with Crippen LogP contribution in [0, 0.1) is 6.92 Å². The number of nitrogens with zero attached hydrogens (tertiary/aromatic N) is 1. The van der Waals surface area contributed by atoms with Crippen molar-refractivity contribution in [1.29, 1.82) is 0 Å². The molecule has 10 heavy (non-hydrogen) atoms. The highest BCUT2D eigenvalue weighted by Gasteiger charge is 2.00. The lowest BCUT2D eigenvalue weighted by Gasteiger charge is -1.96. The molecule has 0 saturated heterocycles. The van der Waals surface area contributed by atoms with E-state index in [1.54, 1.807) is 6.07 Å². The van der Waals surface area contributed by atoms with Crippen LogP contribution in [0.15, 0.2) is 12.3 Å². The van der Waals surface area contributed by atoms with E-state index >= 15 is 0 Å². The number of quaternary nitrogens is 1. The Bertz CT molecular complexity index is 239. The smallest absolute Gasteiger partial charge is 0.183 e. The summed E-state index contributed by atoms with van der Waals surface area (Å²) < 4.78 is 0. The molecular weight excluding hydrogens is 152 g/mol. The van der Waals surface area contributed by atoms with E-state index in [1.807, 2.05) is 6.92 Å². The highest BCUT2D eigenvalue weighted by atomic mass is 35.5. The largest absolute Gasteiger partial charge is 0.238 e. The highest BCUT2D eigenvalue weighted by Crippen LogP contribution is 2.11. The summed E-state index contributed by atoms with van der Waals surface area (Å²) in [6.45, 7) is 1.86. The molecule has 0 amide bonds. The maximum Gasteiger partial charge on any atom is 0.183 e. The summed E-state index contributed by atoms with van der Waals surface area (Å²) in [4.78, 5) is 3.78. The maximum atomic E-state index is 8.60. The third-order valence-corrected chi connectivity index (χ3v) is 1.46. The number of rotatable bonds is 1. The Balaban J connectivity index is 3.07. The van der Waals surface area contributed by atoms with Crippen LogP contribution < -0.4 is 5.48 Å². The van der Waals surface area contributed by atoms with E-state index in [4.69, 9.17) is 16.8 Å². The number of aromatic nitrogens is 1. The second kappa shape index (κ2) is 2.96. The zero-order valence-corrected chi connectivity index (χ0v) is 6.26. The molecule has 1 aromatic heterocycles. The summed E-state index contributed by atoms with van der Waals surface area (Å²) in [5, 5.41) is 9.05. The first-order valence-electron chi connectivity index (χ1n) is 2.83. The zero-order valence-electron chi connectivity index (χ0n) is 5.50. The molecule has 1 aromatic rings. The Labute approximate surface area is 63.6 Å². The zero-order chi connectivity index (χ0) is 7.56. The van der Waals surface area contributed by atoms with E-state index < -0.39 is 0 Å². The first-order valence-corrected chi connectivity index (χ1v) is 3.21. The van der Waals surface area contributed by atoms with E-state index in [0.29, 0.717) is 10.8 Å². The molecular formula is C6H8ClN2O+. The van der Waals surface area contributed by atoms with Gasteiger partial charge in [-0.15, -0.1) is 0 Å². The average Bonchev–Trinajstić information content (AvgIpc) is 1.88. The summed E-state index contributed by atoms with van der Waals surface area (Å²) in [6.07, 6.45) is 1.53. The van der Waals surface area contributed by atoms with E-state index in [2.05, 4.69) is 4.98 Å². The van der Waals surface area contributed by atoms with Crippen LogP contribution in [0.5, 0.6) is 0 Å². The number of aryl methyl sites for hydroxylation is 1. The maximum absolute atomic E-state index is 8.60. The number of hydrogen-bond acceptors (Lipinski definition) is 2. The van der Waals surface area contributed by atoms with Gasteiger partial charge in [0, 0.05) is 5.56 Å². The minimum absolute atomic E-state index is 0.447. The molecule has 4 heteroatoms. The Morgan fingerprint density at radius 1 is 1.70 bits per heavy atom. The quantitative estimate of drug-likeness (QED) is 0.467. The topological polar surface area (TPSA) is 49.7 Å². The van der Waals surface area contributed by atoms with Gasteiger partial charge in [-0.25, -0.2) is 10.2 Å². The van der Waals surface area contributed by atoms with E-state index in [-0.39, 0.29) is 0 Å². The van der Waals surface area contributed by atoms with Gasteiger partial charge in [0.1, 0.15) is 5.15 Å². The van der Waals surface area contributed by atoms with Gasteiger partial charge in [0.2, 0.25) is 0 Å². The molecule has 0 aliphatic heterocycles. The van der Waals surface area contributed by atoms with Gasteiger partial charge >= 0.3 is 0 Å². The number of nitrogens with two attached hydrogens (primary N) is 1. The monoisotopic (exact) mass is 159 g/mol.